The van der Waals surface area contributed by atoms with Gasteiger partial charge in [-0.1, -0.05) is 48.5 Å². The van der Waals surface area contributed by atoms with Gasteiger partial charge in [0.25, 0.3) is 0 Å². The molecule has 1 aliphatic rings. The lowest BCUT2D eigenvalue weighted by Crippen LogP contribution is -2.20. The number of H-pyrrole nitrogens is 1. The first kappa shape index (κ1) is 16.9. The van der Waals surface area contributed by atoms with Crippen molar-refractivity contribution in [3.8, 4) is 11.4 Å². The SMILES string of the molecule is OCc1cccc(CC2CCN(Cc3ccc(-c4nn[nH]n4)cc3)C2)c1. The van der Waals surface area contributed by atoms with Crippen molar-refractivity contribution in [3.05, 3.63) is 65.2 Å². The van der Waals surface area contributed by atoms with Gasteiger partial charge in [-0.2, -0.15) is 5.21 Å². The van der Waals surface area contributed by atoms with E-state index in [1.54, 1.807) is 0 Å². The van der Waals surface area contributed by atoms with Crippen molar-refractivity contribution in [1.82, 2.24) is 25.5 Å². The molecular weight excluding hydrogens is 326 g/mol. The van der Waals surface area contributed by atoms with Crippen LogP contribution >= 0.6 is 0 Å². The molecule has 1 atom stereocenters. The molecule has 26 heavy (non-hydrogen) atoms. The monoisotopic (exact) mass is 349 g/mol. The van der Waals surface area contributed by atoms with E-state index in [4.69, 9.17) is 0 Å². The molecule has 1 saturated heterocycles. The van der Waals surface area contributed by atoms with Gasteiger partial charge < -0.3 is 5.11 Å². The van der Waals surface area contributed by atoms with E-state index in [2.05, 4.69) is 49.8 Å². The van der Waals surface area contributed by atoms with Crippen molar-refractivity contribution >= 4 is 0 Å². The van der Waals surface area contributed by atoms with Crippen molar-refractivity contribution in [2.45, 2.75) is 26.0 Å². The smallest absolute Gasteiger partial charge is 0.204 e. The third-order valence-electron chi connectivity index (χ3n) is 5.03. The van der Waals surface area contributed by atoms with E-state index < -0.39 is 0 Å². The summed E-state index contributed by atoms with van der Waals surface area (Å²) in [5.74, 6) is 1.31. The molecule has 1 aliphatic heterocycles. The first-order chi connectivity index (χ1) is 12.8. The third kappa shape index (κ3) is 3.98. The van der Waals surface area contributed by atoms with Crippen molar-refractivity contribution in [3.63, 3.8) is 0 Å². The average Bonchev–Trinajstić information content (AvgIpc) is 3.35. The zero-order valence-electron chi connectivity index (χ0n) is 14.7. The third-order valence-corrected chi connectivity index (χ3v) is 5.03. The zero-order chi connectivity index (χ0) is 17.8. The first-order valence-electron chi connectivity index (χ1n) is 9.04. The van der Waals surface area contributed by atoms with Gasteiger partial charge in [-0.05, 0) is 47.2 Å². The predicted molar refractivity (Wildman–Crippen MR) is 99.1 cm³/mol. The Labute approximate surface area is 152 Å². The Hall–Kier alpha value is -2.57. The Balaban J connectivity index is 1.32. The molecular formula is C20H23N5O. The maximum atomic E-state index is 9.29. The highest BCUT2D eigenvalue weighted by Gasteiger charge is 2.22. The topological polar surface area (TPSA) is 77.9 Å². The molecule has 6 heteroatoms. The van der Waals surface area contributed by atoms with Crippen LogP contribution in [0.3, 0.4) is 0 Å². The zero-order valence-corrected chi connectivity index (χ0v) is 14.7. The summed E-state index contributed by atoms with van der Waals surface area (Å²) >= 11 is 0. The van der Waals surface area contributed by atoms with Crippen LogP contribution in [0.2, 0.25) is 0 Å². The van der Waals surface area contributed by atoms with E-state index in [0.717, 1.165) is 37.2 Å². The van der Waals surface area contributed by atoms with Gasteiger partial charge in [0.2, 0.25) is 5.82 Å². The Morgan fingerprint density at radius 1 is 1.08 bits per heavy atom. The lowest BCUT2D eigenvalue weighted by molar-refractivity contribution is 0.281. The van der Waals surface area contributed by atoms with Crippen LogP contribution in [-0.4, -0.2) is 43.7 Å². The minimum atomic E-state index is 0.116. The van der Waals surface area contributed by atoms with Crippen molar-refractivity contribution < 1.29 is 5.11 Å². The van der Waals surface area contributed by atoms with E-state index in [0.29, 0.717) is 11.7 Å². The van der Waals surface area contributed by atoms with Crippen molar-refractivity contribution in [2.75, 3.05) is 13.1 Å². The van der Waals surface area contributed by atoms with Crippen LogP contribution < -0.4 is 0 Å². The van der Waals surface area contributed by atoms with Crippen molar-refractivity contribution in [1.29, 1.82) is 0 Å². The molecule has 2 N–H and O–H groups in total. The molecule has 6 nitrogen and oxygen atoms in total. The molecule has 1 unspecified atom stereocenters. The van der Waals surface area contributed by atoms with E-state index in [9.17, 15) is 5.11 Å². The van der Waals surface area contributed by atoms with Crippen LogP contribution in [0.4, 0.5) is 0 Å². The molecule has 134 valence electrons. The van der Waals surface area contributed by atoms with E-state index in [1.807, 2.05) is 24.3 Å². The maximum absolute atomic E-state index is 9.29. The van der Waals surface area contributed by atoms with Gasteiger partial charge in [0.15, 0.2) is 0 Å². The fraction of sp³-hybridized carbons (Fsp3) is 0.350. The van der Waals surface area contributed by atoms with Gasteiger partial charge in [0.1, 0.15) is 0 Å². The largest absolute Gasteiger partial charge is 0.392 e. The number of benzene rings is 2. The molecule has 2 aromatic carbocycles. The molecule has 0 bridgehead atoms. The number of hydrogen-bond acceptors (Lipinski definition) is 5. The van der Waals surface area contributed by atoms with Crippen LogP contribution in [0.15, 0.2) is 48.5 Å². The normalized spacial score (nSPS) is 17.7. The molecule has 1 fully saturated rings. The van der Waals surface area contributed by atoms with E-state index in [1.165, 1.54) is 17.5 Å². The summed E-state index contributed by atoms with van der Waals surface area (Å²) in [6.07, 6.45) is 2.31. The lowest BCUT2D eigenvalue weighted by Gasteiger charge is -2.16. The van der Waals surface area contributed by atoms with Gasteiger partial charge >= 0.3 is 0 Å². The molecule has 3 aromatic rings. The standard InChI is InChI=1S/C20H23N5O/c26-14-18-3-1-2-16(11-18)10-17-8-9-25(13-17)12-15-4-6-19(7-5-15)20-21-23-24-22-20/h1-7,11,17,26H,8-10,12-14H2,(H,21,22,23,24). The number of likely N-dealkylation sites (tertiary alicyclic amines) is 1. The van der Waals surface area contributed by atoms with Gasteiger partial charge in [-0.3, -0.25) is 4.90 Å². The average molecular weight is 349 g/mol. The highest BCUT2D eigenvalue weighted by atomic mass is 16.3. The number of tetrazole rings is 1. The van der Waals surface area contributed by atoms with Crippen LogP contribution in [-0.2, 0) is 19.6 Å². The minimum Gasteiger partial charge on any atom is -0.392 e. The Morgan fingerprint density at radius 2 is 1.92 bits per heavy atom. The number of hydrogen-bond donors (Lipinski definition) is 2. The number of nitrogens with zero attached hydrogens (tertiary/aromatic N) is 4. The molecule has 0 aliphatic carbocycles. The van der Waals surface area contributed by atoms with E-state index in [-0.39, 0.29) is 6.61 Å². The second-order valence-electron chi connectivity index (χ2n) is 7.00. The minimum absolute atomic E-state index is 0.116. The summed E-state index contributed by atoms with van der Waals surface area (Å²) in [5.41, 5.74) is 4.61. The second-order valence-corrected chi connectivity index (χ2v) is 7.00. The highest BCUT2D eigenvalue weighted by molar-refractivity contribution is 5.54. The van der Waals surface area contributed by atoms with Crippen LogP contribution in [0.5, 0.6) is 0 Å². The summed E-state index contributed by atoms with van der Waals surface area (Å²) in [4.78, 5) is 2.52. The fourth-order valence-corrected chi connectivity index (χ4v) is 3.71. The van der Waals surface area contributed by atoms with Gasteiger partial charge in [-0.15, -0.1) is 10.2 Å². The van der Waals surface area contributed by atoms with E-state index >= 15 is 0 Å². The summed E-state index contributed by atoms with van der Waals surface area (Å²) in [7, 11) is 0. The lowest BCUT2D eigenvalue weighted by atomic mass is 9.97. The number of aliphatic hydroxyl groups excluding tert-OH is 1. The maximum Gasteiger partial charge on any atom is 0.204 e. The molecule has 0 spiro atoms. The fourth-order valence-electron chi connectivity index (χ4n) is 3.71. The summed E-state index contributed by atoms with van der Waals surface area (Å²) in [5, 5.41) is 23.4. The molecule has 1 aromatic heterocycles. The number of aromatic amines is 1. The van der Waals surface area contributed by atoms with Gasteiger partial charge in [0, 0.05) is 18.7 Å². The Morgan fingerprint density at radius 3 is 2.69 bits per heavy atom. The summed E-state index contributed by atoms with van der Waals surface area (Å²) in [6, 6.07) is 16.7. The molecule has 0 saturated carbocycles. The van der Waals surface area contributed by atoms with Gasteiger partial charge in [-0.25, -0.2) is 0 Å². The Bertz CT molecular complexity index is 832. The number of aromatic nitrogens is 4. The van der Waals surface area contributed by atoms with Gasteiger partial charge in [0.05, 0.1) is 6.61 Å². The predicted octanol–water partition coefficient (Wildman–Crippen LogP) is 2.42. The quantitative estimate of drug-likeness (QED) is 0.715. The molecule has 4 rings (SSSR count). The molecule has 0 amide bonds. The van der Waals surface area contributed by atoms with Crippen LogP contribution in [0.25, 0.3) is 11.4 Å². The summed E-state index contributed by atoms with van der Waals surface area (Å²) < 4.78 is 0. The number of rotatable bonds is 6. The summed E-state index contributed by atoms with van der Waals surface area (Å²) in [6.45, 7) is 3.34. The van der Waals surface area contributed by atoms with Crippen LogP contribution in [0.1, 0.15) is 23.1 Å². The number of nitrogens with one attached hydrogen (secondary N) is 1. The molecule has 0 radical (unpaired) electrons. The Kier molecular flexibility index (Phi) is 5.04. The first-order valence-corrected chi connectivity index (χ1v) is 9.04. The van der Waals surface area contributed by atoms with Crippen molar-refractivity contribution in [2.24, 2.45) is 5.92 Å². The second kappa shape index (κ2) is 7.76. The van der Waals surface area contributed by atoms with Crippen LogP contribution in [0, 0.1) is 5.92 Å². The number of aliphatic hydroxyl groups is 1. The molecule has 2 heterocycles. The highest BCUT2D eigenvalue weighted by Crippen LogP contribution is 2.23.